The van der Waals surface area contributed by atoms with Gasteiger partial charge in [0.25, 0.3) is 0 Å². The molecule has 70 valence electrons. The third kappa shape index (κ3) is 2.23. The highest BCUT2D eigenvalue weighted by Gasteiger charge is 2.12. The fourth-order valence-electron chi connectivity index (χ4n) is 0.984. The molecule has 0 aliphatic heterocycles. The van der Waals surface area contributed by atoms with Gasteiger partial charge in [0, 0.05) is 4.47 Å². The Labute approximate surface area is 90.0 Å². The maximum atomic E-state index is 11.2. The number of carbonyl (C=O) groups is 1. The van der Waals surface area contributed by atoms with Crippen molar-refractivity contribution in [3.63, 3.8) is 0 Å². The summed E-state index contributed by atoms with van der Waals surface area (Å²) in [6.45, 7) is 1.83. The molecule has 0 saturated carbocycles. The topological polar surface area (TPSA) is 26.3 Å². The second-order valence-electron chi connectivity index (χ2n) is 2.58. The molecule has 0 atom stereocenters. The Kier molecular flexibility index (Phi) is 3.33. The predicted octanol–water partition coefficient (Wildman–Crippen LogP) is 3.20. The van der Waals surface area contributed by atoms with Crippen LogP contribution in [0.5, 0.6) is 0 Å². The molecule has 0 radical (unpaired) electrons. The lowest BCUT2D eigenvalue weighted by molar-refractivity contribution is 0.0601. The lowest BCUT2D eigenvalue weighted by Crippen LogP contribution is -2.02. The van der Waals surface area contributed by atoms with Crippen molar-refractivity contribution in [2.24, 2.45) is 0 Å². The van der Waals surface area contributed by atoms with Crippen molar-refractivity contribution in [1.82, 2.24) is 0 Å². The Hall–Kier alpha value is -0.540. The Morgan fingerprint density at radius 3 is 2.69 bits per heavy atom. The van der Waals surface area contributed by atoms with Crippen LogP contribution in [-0.2, 0) is 4.74 Å². The molecule has 4 heteroatoms. The molecular weight excluding hydrogens is 255 g/mol. The van der Waals surface area contributed by atoms with Crippen LogP contribution in [0.25, 0.3) is 0 Å². The van der Waals surface area contributed by atoms with Gasteiger partial charge in [-0.2, -0.15) is 0 Å². The van der Waals surface area contributed by atoms with E-state index in [1.165, 1.54) is 7.11 Å². The summed E-state index contributed by atoms with van der Waals surface area (Å²) in [5.74, 6) is -0.422. The van der Waals surface area contributed by atoms with Gasteiger partial charge in [0.2, 0.25) is 0 Å². The highest BCUT2D eigenvalue weighted by molar-refractivity contribution is 9.10. The molecule has 0 bridgehead atoms. The van der Waals surface area contributed by atoms with Crippen LogP contribution in [0.15, 0.2) is 16.6 Å². The number of halogens is 2. The summed E-state index contributed by atoms with van der Waals surface area (Å²) in [5, 5.41) is 0.440. The smallest absolute Gasteiger partial charge is 0.339 e. The van der Waals surface area contributed by atoms with Crippen molar-refractivity contribution in [2.75, 3.05) is 7.11 Å². The van der Waals surface area contributed by atoms with E-state index in [1.54, 1.807) is 6.07 Å². The van der Waals surface area contributed by atoms with Crippen molar-refractivity contribution in [3.8, 4) is 0 Å². The van der Waals surface area contributed by atoms with Crippen molar-refractivity contribution >= 4 is 33.5 Å². The Morgan fingerprint density at radius 1 is 1.54 bits per heavy atom. The summed E-state index contributed by atoms with van der Waals surface area (Å²) in [6, 6.07) is 3.48. The number of hydrogen-bond donors (Lipinski definition) is 0. The third-order valence-corrected chi connectivity index (χ3v) is 2.58. The highest BCUT2D eigenvalue weighted by atomic mass is 79.9. The average Bonchev–Trinajstić information content (AvgIpc) is 2.10. The van der Waals surface area contributed by atoms with E-state index in [2.05, 4.69) is 20.7 Å². The molecule has 13 heavy (non-hydrogen) atoms. The number of carbonyl (C=O) groups excluding carboxylic acids is 1. The molecule has 0 spiro atoms. The maximum Gasteiger partial charge on any atom is 0.339 e. The lowest BCUT2D eigenvalue weighted by Gasteiger charge is -2.05. The van der Waals surface area contributed by atoms with E-state index in [9.17, 15) is 4.79 Å². The van der Waals surface area contributed by atoms with Crippen LogP contribution in [0.4, 0.5) is 0 Å². The number of ether oxygens (including phenoxy) is 1. The van der Waals surface area contributed by atoms with Crippen molar-refractivity contribution in [1.29, 1.82) is 0 Å². The second-order valence-corrected chi connectivity index (χ2v) is 3.87. The van der Waals surface area contributed by atoms with Gasteiger partial charge in [0.05, 0.1) is 17.7 Å². The zero-order chi connectivity index (χ0) is 10.0. The van der Waals surface area contributed by atoms with Gasteiger partial charge < -0.3 is 4.74 Å². The molecule has 0 aromatic heterocycles. The van der Waals surface area contributed by atoms with E-state index in [0.29, 0.717) is 10.6 Å². The first kappa shape index (κ1) is 10.5. The molecule has 1 rings (SSSR count). The Balaban J connectivity index is 3.28. The number of rotatable bonds is 1. The minimum Gasteiger partial charge on any atom is -0.465 e. The first-order valence-corrected chi connectivity index (χ1v) is 4.77. The van der Waals surface area contributed by atoms with Crippen molar-refractivity contribution in [2.45, 2.75) is 6.92 Å². The molecular formula is C9H8BrClO2. The molecule has 0 N–H and O–H groups in total. The molecule has 0 unspecified atom stereocenters. The maximum absolute atomic E-state index is 11.2. The Morgan fingerprint density at radius 2 is 2.15 bits per heavy atom. The van der Waals surface area contributed by atoms with Gasteiger partial charge in [-0.1, -0.05) is 27.5 Å². The molecule has 0 heterocycles. The lowest BCUT2D eigenvalue weighted by atomic mass is 10.1. The summed E-state index contributed by atoms with van der Waals surface area (Å²) in [7, 11) is 1.33. The highest BCUT2D eigenvalue weighted by Crippen LogP contribution is 2.25. The minimum absolute atomic E-state index is 0.385. The first-order chi connectivity index (χ1) is 6.06. The summed E-state index contributed by atoms with van der Waals surface area (Å²) in [6.07, 6.45) is 0. The number of methoxy groups -OCH3 is 1. The van der Waals surface area contributed by atoms with Crippen molar-refractivity contribution < 1.29 is 9.53 Å². The van der Waals surface area contributed by atoms with E-state index >= 15 is 0 Å². The quantitative estimate of drug-likeness (QED) is 0.727. The molecule has 0 fully saturated rings. The zero-order valence-electron chi connectivity index (χ0n) is 7.23. The third-order valence-electron chi connectivity index (χ3n) is 1.62. The minimum atomic E-state index is -0.422. The average molecular weight is 264 g/mol. The number of esters is 1. The van der Waals surface area contributed by atoms with Crippen molar-refractivity contribution in [3.05, 3.63) is 32.8 Å². The van der Waals surface area contributed by atoms with E-state index in [1.807, 2.05) is 13.0 Å². The van der Waals surface area contributed by atoms with Gasteiger partial charge in [-0.15, -0.1) is 0 Å². The van der Waals surface area contributed by atoms with E-state index in [4.69, 9.17) is 11.6 Å². The van der Waals surface area contributed by atoms with E-state index < -0.39 is 5.97 Å². The van der Waals surface area contributed by atoms with Crippen LogP contribution in [0, 0.1) is 6.92 Å². The molecule has 0 amide bonds. The van der Waals surface area contributed by atoms with E-state index in [-0.39, 0.29) is 0 Å². The van der Waals surface area contributed by atoms with Crippen LogP contribution in [0.1, 0.15) is 15.9 Å². The van der Waals surface area contributed by atoms with Crippen LogP contribution in [0.2, 0.25) is 5.02 Å². The zero-order valence-corrected chi connectivity index (χ0v) is 9.57. The molecule has 1 aromatic carbocycles. The summed E-state index contributed by atoms with van der Waals surface area (Å²) in [4.78, 5) is 11.2. The molecule has 2 nitrogen and oxygen atoms in total. The van der Waals surface area contributed by atoms with Gasteiger partial charge in [0.1, 0.15) is 0 Å². The summed E-state index contributed by atoms with van der Waals surface area (Å²) in [5.41, 5.74) is 1.23. The van der Waals surface area contributed by atoms with Gasteiger partial charge in [0.15, 0.2) is 0 Å². The van der Waals surface area contributed by atoms with E-state index in [0.717, 1.165) is 10.0 Å². The predicted molar refractivity (Wildman–Crippen MR) is 55.2 cm³/mol. The summed E-state index contributed by atoms with van der Waals surface area (Å²) < 4.78 is 5.40. The van der Waals surface area contributed by atoms with Crippen LogP contribution in [0.3, 0.4) is 0 Å². The number of hydrogen-bond acceptors (Lipinski definition) is 2. The second kappa shape index (κ2) is 4.11. The fourth-order valence-corrected chi connectivity index (χ4v) is 1.74. The molecule has 1 aromatic rings. The largest absolute Gasteiger partial charge is 0.465 e. The summed E-state index contributed by atoms with van der Waals surface area (Å²) >= 11 is 9.20. The SMILES string of the molecule is COC(=O)c1cc(Br)cc(C)c1Cl. The first-order valence-electron chi connectivity index (χ1n) is 3.60. The standard InChI is InChI=1S/C9H8BrClO2/c1-5-3-6(10)4-7(8(5)11)9(12)13-2/h3-4H,1-2H3. The van der Waals surface area contributed by atoms with Gasteiger partial charge in [-0.05, 0) is 24.6 Å². The monoisotopic (exact) mass is 262 g/mol. The van der Waals surface area contributed by atoms with Gasteiger partial charge in [-0.3, -0.25) is 0 Å². The molecule has 0 aliphatic carbocycles. The number of benzene rings is 1. The van der Waals surface area contributed by atoms with Crippen LogP contribution < -0.4 is 0 Å². The van der Waals surface area contributed by atoms with Gasteiger partial charge in [-0.25, -0.2) is 4.79 Å². The normalized spacial score (nSPS) is 9.85. The Bertz CT molecular complexity index is 350. The van der Waals surface area contributed by atoms with Gasteiger partial charge >= 0.3 is 5.97 Å². The van der Waals surface area contributed by atoms with Crippen LogP contribution in [-0.4, -0.2) is 13.1 Å². The fraction of sp³-hybridized carbons (Fsp3) is 0.222. The molecule has 0 saturated heterocycles. The molecule has 0 aliphatic rings. The number of aryl methyl sites for hydroxylation is 1. The van der Waals surface area contributed by atoms with Crippen LogP contribution >= 0.6 is 27.5 Å².